The number of amides is 1. The Bertz CT molecular complexity index is 836. The number of carbonyl (C=O) groups is 1. The van der Waals surface area contributed by atoms with E-state index in [0.717, 1.165) is 5.69 Å². The molecule has 0 bridgehead atoms. The zero-order chi connectivity index (χ0) is 19.4. The highest BCUT2D eigenvalue weighted by Crippen LogP contribution is 2.16. The molecule has 7 nitrogen and oxygen atoms in total. The number of anilines is 1. The summed E-state index contributed by atoms with van der Waals surface area (Å²) in [4.78, 5) is 20.2. The van der Waals surface area contributed by atoms with E-state index >= 15 is 0 Å². The molecule has 0 radical (unpaired) electrons. The second-order valence-corrected chi connectivity index (χ2v) is 6.26. The van der Waals surface area contributed by atoms with E-state index in [2.05, 4.69) is 15.4 Å². The van der Waals surface area contributed by atoms with Crippen LogP contribution in [0.1, 0.15) is 5.56 Å². The molecule has 10 heteroatoms. The van der Waals surface area contributed by atoms with Crippen LogP contribution in [-0.2, 0) is 18.3 Å². The number of aliphatic imine (C=N–C) groups is 1. The molecule has 28 heavy (non-hydrogen) atoms. The van der Waals surface area contributed by atoms with Crippen LogP contribution in [0.15, 0.2) is 35.6 Å². The Kier molecular flexibility index (Phi) is 7.72. The van der Waals surface area contributed by atoms with Crippen molar-refractivity contribution in [1.82, 2.24) is 20.0 Å². The number of nitrogens with one attached hydrogen (secondary N) is 1. The Morgan fingerprint density at radius 2 is 2.00 bits per heavy atom. The van der Waals surface area contributed by atoms with Gasteiger partial charge in [-0.2, -0.15) is 5.10 Å². The number of guanidine groups is 1. The number of rotatable bonds is 4. The zero-order valence-electron chi connectivity index (χ0n) is 15.7. The van der Waals surface area contributed by atoms with Crippen LogP contribution < -0.4 is 10.2 Å². The number of halogens is 3. The summed E-state index contributed by atoms with van der Waals surface area (Å²) >= 11 is 0. The lowest BCUT2D eigenvalue weighted by molar-refractivity contribution is -0.120. The van der Waals surface area contributed by atoms with Crippen molar-refractivity contribution < 1.29 is 13.6 Å². The van der Waals surface area contributed by atoms with E-state index in [1.807, 2.05) is 4.90 Å². The molecule has 1 aromatic heterocycles. The summed E-state index contributed by atoms with van der Waals surface area (Å²) in [5.41, 5.74) is 0.804. The number of aromatic nitrogens is 2. The summed E-state index contributed by atoms with van der Waals surface area (Å²) in [5, 5.41) is 7.17. The highest BCUT2D eigenvalue weighted by atomic mass is 127. The number of piperazine rings is 1. The topological polar surface area (TPSA) is 65.8 Å². The van der Waals surface area contributed by atoms with E-state index in [1.54, 1.807) is 36.1 Å². The van der Waals surface area contributed by atoms with Crippen LogP contribution in [0.2, 0.25) is 0 Å². The van der Waals surface area contributed by atoms with Crippen LogP contribution in [-0.4, -0.2) is 59.8 Å². The molecule has 0 atom stereocenters. The van der Waals surface area contributed by atoms with Gasteiger partial charge in [0.2, 0.25) is 5.91 Å². The van der Waals surface area contributed by atoms with Gasteiger partial charge in [0, 0.05) is 45.5 Å². The van der Waals surface area contributed by atoms with E-state index in [1.165, 1.54) is 18.2 Å². The molecule has 1 saturated heterocycles. The fourth-order valence-corrected chi connectivity index (χ4v) is 3.08. The van der Waals surface area contributed by atoms with Gasteiger partial charge in [0.1, 0.15) is 18.2 Å². The Balaban J connectivity index is 0.00000280. The Morgan fingerprint density at radius 1 is 1.29 bits per heavy atom. The molecule has 0 saturated carbocycles. The van der Waals surface area contributed by atoms with Crippen molar-refractivity contribution in [1.29, 1.82) is 0 Å². The van der Waals surface area contributed by atoms with Gasteiger partial charge in [-0.1, -0.05) is 6.07 Å². The Morgan fingerprint density at radius 3 is 2.57 bits per heavy atom. The van der Waals surface area contributed by atoms with Crippen LogP contribution in [0.3, 0.4) is 0 Å². The number of nitrogens with zero attached hydrogens (tertiary/aromatic N) is 5. The second kappa shape index (κ2) is 9.80. The molecule has 1 amide bonds. The molecule has 1 aliphatic rings. The van der Waals surface area contributed by atoms with Crippen molar-refractivity contribution in [3.8, 4) is 0 Å². The van der Waals surface area contributed by atoms with Gasteiger partial charge in [0.05, 0.1) is 11.9 Å². The largest absolute Gasteiger partial charge is 0.356 e. The first-order valence-electron chi connectivity index (χ1n) is 8.67. The van der Waals surface area contributed by atoms with Crippen molar-refractivity contribution in [3.05, 3.63) is 47.8 Å². The molecule has 1 N–H and O–H groups in total. The monoisotopic (exact) mass is 504 g/mol. The molecule has 0 spiro atoms. The van der Waals surface area contributed by atoms with Crippen molar-refractivity contribution >= 4 is 41.5 Å². The highest BCUT2D eigenvalue weighted by molar-refractivity contribution is 14.0. The first-order chi connectivity index (χ1) is 13.0. The lowest BCUT2D eigenvalue weighted by Crippen LogP contribution is -2.55. The standard InChI is InChI=1S/C18H22F2N6O.HI/c1-21-18(22-7-6-14-15(19)4-3-5-16(14)20)25-8-9-26(17(27)12-25)13-10-23-24(2)11-13;/h3-5,10-11H,6-9,12H2,1-2H3,(H,21,22);1H. The third-order valence-corrected chi connectivity index (χ3v) is 4.45. The molecule has 1 aliphatic heterocycles. The number of aryl methyl sites for hydroxylation is 1. The van der Waals surface area contributed by atoms with Crippen LogP contribution in [0.5, 0.6) is 0 Å². The third kappa shape index (κ3) is 4.97. The number of hydrogen-bond acceptors (Lipinski definition) is 3. The molecular formula is C18H23F2IN6O. The average Bonchev–Trinajstić information content (AvgIpc) is 3.07. The van der Waals surface area contributed by atoms with Gasteiger partial charge >= 0.3 is 0 Å². The van der Waals surface area contributed by atoms with Gasteiger partial charge < -0.3 is 15.1 Å². The molecule has 3 rings (SSSR count). The summed E-state index contributed by atoms with van der Waals surface area (Å²) in [6.07, 6.45) is 3.63. The van der Waals surface area contributed by atoms with Gasteiger partial charge in [-0.3, -0.25) is 14.5 Å². The number of hydrogen-bond donors (Lipinski definition) is 1. The minimum atomic E-state index is -0.563. The lowest BCUT2D eigenvalue weighted by atomic mass is 10.1. The zero-order valence-corrected chi connectivity index (χ0v) is 18.1. The predicted octanol–water partition coefficient (Wildman–Crippen LogP) is 1.78. The fourth-order valence-electron chi connectivity index (χ4n) is 3.08. The van der Waals surface area contributed by atoms with Crippen molar-refractivity contribution in [2.45, 2.75) is 6.42 Å². The van der Waals surface area contributed by atoms with Gasteiger partial charge in [0.15, 0.2) is 5.96 Å². The summed E-state index contributed by atoms with van der Waals surface area (Å²) in [7, 11) is 3.42. The lowest BCUT2D eigenvalue weighted by Gasteiger charge is -2.35. The average molecular weight is 504 g/mol. The van der Waals surface area contributed by atoms with Crippen LogP contribution >= 0.6 is 24.0 Å². The van der Waals surface area contributed by atoms with E-state index in [4.69, 9.17) is 0 Å². The number of benzene rings is 1. The maximum atomic E-state index is 13.7. The van der Waals surface area contributed by atoms with Gasteiger partial charge in [0.25, 0.3) is 0 Å². The minimum absolute atomic E-state index is 0. The molecule has 1 fully saturated rings. The second-order valence-electron chi connectivity index (χ2n) is 6.26. The Hall–Kier alpha value is -2.24. The van der Waals surface area contributed by atoms with Crippen LogP contribution in [0, 0.1) is 11.6 Å². The van der Waals surface area contributed by atoms with Crippen molar-refractivity contribution in [2.75, 3.05) is 38.1 Å². The van der Waals surface area contributed by atoms with Crippen LogP contribution in [0.4, 0.5) is 14.5 Å². The molecule has 0 aliphatic carbocycles. The van der Waals surface area contributed by atoms with Crippen molar-refractivity contribution in [3.63, 3.8) is 0 Å². The summed E-state index contributed by atoms with van der Waals surface area (Å²) in [6.45, 7) is 1.58. The first kappa shape index (κ1) is 22.1. The first-order valence-corrected chi connectivity index (χ1v) is 8.67. The maximum absolute atomic E-state index is 13.7. The summed E-state index contributed by atoms with van der Waals surface area (Å²) in [6, 6.07) is 3.82. The molecule has 152 valence electrons. The Labute approximate surface area is 179 Å². The van der Waals surface area contributed by atoms with E-state index in [9.17, 15) is 13.6 Å². The smallest absolute Gasteiger partial charge is 0.246 e. The van der Waals surface area contributed by atoms with Crippen molar-refractivity contribution in [2.24, 2.45) is 12.0 Å². The third-order valence-electron chi connectivity index (χ3n) is 4.45. The highest BCUT2D eigenvalue weighted by Gasteiger charge is 2.27. The van der Waals surface area contributed by atoms with Gasteiger partial charge in [-0.25, -0.2) is 8.78 Å². The van der Waals surface area contributed by atoms with E-state index in [0.29, 0.717) is 25.6 Å². The van der Waals surface area contributed by atoms with Crippen LogP contribution in [0.25, 0.3) is 0 Å². The quantitative estimate of drug-likeness (QED) is 0.392. The fraction of sp³-hybridized carbons (Fsp3) is 0.389. The van der Waals surface area contributed by atoms with E-state index < -0.39 is 11.6 Å². The molecule has 2 heterocycles. The normalized spacial score (nSPS) is 14.9. The molecule has 0 unspecified atom stereocenters. The summed E-state index contributed by atoms with van der Waals surface area (Å²) < 4.78 is 29.1. The molecule has 2 aromatic rings. The molecule has 1 aromatic carbocycles. The summed E-state index contributed by atoms with van der Waals surface area (Å²) in [5.74, 6) is -0.651. The van der Waals surface area contributed by atoms with E-state index in [-0.39, 0.29) is 48.4 Å². The van der Waals surface area contributed by atoms with Gasteiger partial charge in [-0.15, -0.1) is 24.0 Å². The van der Waals surface area contributed by atoms with Gasteiger partial charge in [-0.05, 0) is 18.6 Å². The SMILES string of the molecule is CN=C(NCCc1c(F)cccc1F)N1CCN(c2cnn(C)c2)C(=O)C1.I. The number of carbonyl (C=O) groups excluding carboxylic acids is 1. The predicted molar refractivity (Wildman–Crippen MR) is 114 cm³/mol. The minimum Gasteiger partial charge on any atom is -0.356 e. The molecular weight excluding hydrogens is 481 g/mol. The maximum Gasteiger partial charge on any atom is 0.246 e.